The van der Waals surface area contributed by atoms with Crippen molar-refractivity contribution in [1.82, 2.24) is 5.32 Å². The highest BCUT2D eigenvalue weighted by Crippen LogP contribution is 2.30. The van der Waals surface area contributed by atoms with E-state index in [1.54, 1.807) is 6.07 Å². The summed E-state index contributed by atoms with van der Waals surface area (Å²) in [4.78, 5) is 0. The maximum atomic E-state index is 6.31. The van der Waals surface area contributed by atoms with Crippen molar-refractivity contribution in [3.63, 3.8) is 0 Å². The average Bonchev–Trinajstić information content (AvgIpc) is 2.88. The number of rotatable bonds is 11. The Morgan fingerprint density at radius 1 is 0.886 bits per heavy atom. The van der Waals surface area contributed by atoms with E-state index in [0.717, 1.165) is 37.2 Å². The van der Waals surface area contributed by atoms with Crippen LogP contribution in [0, 0.1) is 0 Å². The highest BCUT2D eigenvalue weighted by atomic mass is 35.5. The lowest BCUT2D eigenvalue weighted by Crippen LogP contribution is -2.40. The molecule has 4 nitrogen and oxygen atoms in total. The third-order valence-corrected chi connectivity index (χ3v) is 6.61. The molecule has 188 valence electrons. The molecule has 0 spiro atoms. The summed E-state index contributed by atoms with van der Waals surface area (Å²) in [5.74, 6) is 1.20. The van der Waals surface area contributed by atoms with Gasteiger partial charge < -0.3 is 19.5 Å². The SMILES string of the molecule is Cl.Clc1ccc(Cl)c(COC2CNCCC2c2ccc(OCCCOCc3ccccc3)cc2)c1. The van der Waals surface area contributed by atoms with Crippen LogP contribution in [0.1, 0.15) is 35.4 Å². The summed E-state index contributed by atoms with van der Waals surface area (Å²) in [5.41, 5.74) is 3.37. The molecule has 1 saturated heterocycles. The van der Waals surface area contributed by atoms with E-state index in [1.807, 2.05) is 42.5 Å². The molecule has 0 amide bonds. The largest absolute Gasteiger partial charge is 0.494 e. The van der Waals surface area contributed by atoms with Gasteiger partial charge >= 0.3 is 0 Å². The van der Waals surface area contributed by atoms with Crippen LogP contribution in [0.25, 0.3) is 0 Å². The van der Waals surface area contributed by atoms with Gasteiger partial charge in [0, 0.05) is 28.9 Å². The number of hydrogen-bond donors (Lipinski definition) is 1. The summed E-state index contributed by atoms with van der Waals surface area (Å²) in [5, 5.41) is 4.79. The molecule has 3 aromatic rings. The van der Waals surface area contributed by atoms with E-state index in [-0.39, 0.29) is 18.5 Å². The van der Waals surface area contributed by atoms with Crippen LogP contribution in [0.2, 0.25) is 10.0 Å². The van der Waals surface area contributed by atoms with Crippen molar-refractivity contribution in [3.05, 3.63) is 99.5 Å². The molecule has 0 saturated carbocycles. The summed E-state index contributed by atoms with van der Waals surface area (Å²) in [6.45, 7) is 4.17. The molecule has 1 aliphatic rings. The van der Waals surface area contributed by atoms with Gasteiger partial charge in [-0.25, -0.2) is 0 Å². The van der Waals surface area contributed by atoms with Crippen molar-refractivity contribution >= 4 is 35.6 Å². The molecule has 0 bridgehead atoms. The minimum atomic E-state index is 0. The highest BCUT2D eigenvalue weighted by Gasteiger charge is 2.27. The molecule has 35 heavy (non-hydrogen) atoms. The van der Waals surface area contributed by atoms with Gasteiger partial charge in [-0.1, -0.05) is 65.7 Å². The fourth-order valence-electron chi connectivity index (χ4n) is 4.16. The van der Waals surface area contributed by atoms with Crippen molar-refractivity contribution in [2.75, 3.05) is 26.3 Å². The Hall–Kier alpha value is -1.79. The summed E-state index contributed by atoms with van der Waals surface area (Å²) in [6.07, 6.45) is 1.94. The van der Waals surface area contributed by atoms with E-state index < -0.39 is 0 Å². The van der Waals surface area contributed by atoms with E-state index in [2.05, 4.69) is 29.6 Å². The van der Waals surface area contributed by atoms with Crippen molar-refractivity contribution in [2.45, 2.75) is 38.1 Å². The predicted molar refractivity (Wildman–Crippen MR) is 145 cm³/mol. The second-order valence-corrected chi connectivity index (χ2v) is 9.34. The van der Waals surface area contributed by atoms with Crippen molar-refractivity contribution in [1.29, 1.82) is 0 Å². The summed E-state index contributed by atoms with van der Waals surface area (Å²) in [7, 11) is 0. The normalized spacial score (nSPS) is 17.5. The first-order valence-electron chi connectivity index (χ1n) is 11.8. The number of piperidine rings is 1. The van der Waals surface area contributed by atoms with Crippen LogP contribution in [0.15, 0.2) is 72.8 Å². The van der Waals surface area contributed by atoms with Gasteiger partial charge in [0.05, 0.1) is 32.5 Å². The lowest BCUT2D eigenvalue weighted by atomic mass is 9.87. The van der Waals surface area contributed by atoms with Crippen LogP contribution in [-0.2, 0) is 22.7 Å². The molecule has 1 heterocycles. The second-order valence-electron chi connectivity index (χ2n) is 8.49. The molecule has 1 N–H and O–H groups in total. The number of nitrogens with one attached hydrogen (secondary N) is 1. The van der Waals surface area contributed by atoms with Crippen LogP contribution in [0.3, 0.4) is 0 Å². The van der Waals surface area contributed by atoms with Crippen LogP contribution in [-0.4, -0.2) is 32.4 Å². The van der Waals surface area contributed by atoms with Crippen molar-refractivity contribution < 1.29 is 14.2 Å². The zero-order chi connectivity index (χ0) is 23.6. The molecule has 7 heteroatoms. The van der Waals surface area contributed by atoms with E-state index >= 15 is 0 Å². The van der Waals surface area contributed by atoms with E-state index in [9.17, 15) is 0 Å². The molecule has 4 rings (SSSR count). The molecule has 1 fully saturated rings. The van der Waals surface area contributed by atoms with E-state index in [4.69, 9.17) is 37.4 Å². The quantitative estimate of drug-likeness (QED) is 0.266. The topological polar surface area (TPSA) is 39.7 Å². The first-order valence-corrected chi connectivity index (χ1v) is 12.6. The van der Waals surface area contributed by atoms with E-state index in [1.165, 1.54) is 11.1 Å². The highest BCUT2D eigenvalue weighted by molar-refractivity contribution is 6.33. The Kier molecular flexibility index (Phi) is 11.7. The van der Waals surface area contributed by atoms with Crippen molar-refractivity contribution in [2.24, 2.45) is 0 Å². The standard InChI is InChI=1S/C28H31Cl2NO3.ClH/c29-24-9-12-27(30)23(17-24)20-34-28-18-31-14-13-26(28)22-7-10-25(11-8-22)33-16-4-15-32-19-21-5-2-1-3-6-21;/h1-3,5-12,17,26,28,31H,4,13-16,18-20H2;1H. The molecule has 2 atom stereocenters. The monoisotopic (exact) mass is 535 g/mol. The summed E-state index contributed by atoms with van der Waals surface area (Å²) >= 11 is 12.4. The second kappa shape index (κ2) is 14.7. The number of benzene rings is 3. The molecule has 1 aliphatic heterocycles. The Morgan fingerprint density at radius 3 is 2.49 bits per heavy atom. The van der Waals surface area contributed by atoms with Gasteiger partial charge in [-0.15, -0.1) is 12.4 Å². The first kappa shape index (κ1) is 27.8. The first-order chi connectivity index (χ1) is 16.7. The number of hydrogen-bond acceptors (Lipinski definition) is 4. The maximum Gasteiger partial charge on any atom is 0.119 e. The Morgan fingerprint density at radius 2 is 1.69 bits per heavy atom. The fraction of sp³-hybridized carbons (Fsp3) is 0.357. The fourth-order valence-corrected chi connectivity index (χ4v) is 4.53. The minimum Gasteiger partial charge on any atom is -0.494 e. The Balaban J connectivity index is 0.00000342. The molecule has 0 aliphatic carbocycles. The molecular formula is C28H32Cl3NO3. The van der Waals surface area contributed by atoms with E-state index in [0.29, 0.717) is 42.4 Å². The zero-order valence-corrected chi connectivity index (χ0v) is 22.0. The maximum absolute atomic E-state index is 6.31. The van der Waals surface area contributed by atoms with Gasteiger partial charge in [0.15, 0.2) is 0 Å². The smallest absolute Gasteiger partial charge is 0.119 e. The Bertz CT molecular complexity index is 1020. The molecule has 0 radical (unpaired) electrons. The van der Waals surface area contributed by atoms with Gasteiger partial charge in [0.25, 0.3) is 0 Å². The van der Waals surface area contributed by atoms with Crippen LogP contribution < -0.4 is 10.1 Å². The van der Waals surface area contributed by atoms with Gasteiger partial charge in [-0.2, -0.15) is 0 Å². The molecule has 3 aromatic carbocycles. The minimum absolute atomic E-state index is 0. The lowest BCUT2D eigenvalue weighted by Gasteiger charge is -2.32. The van der Waals surface area contributed by atoms with Crippen molar-refractivity contribution in [3.8, 4) is 5.75 Å². The molecular weight excluding hydrogens is 505 g/mol. The van der Waals surface area contributed by atoms with Gasteiger partial charge in [0.2, 0.25) is 0 Å². The molecule has 0 aromatic heterocycles. The third-order valence-electron chi connectivity index (χ3n) is 6.01. The van der Waals surface area contributed by atoms with Crippen LogP contribution in [0.4, 0.5) is 0 Å². The van der Waals surface area contributed by atoms with Crippen LogP contribution in [0.5, 0.6) is 5.75 Å². The number of ether oxygens (including phenoxy) is 3. The number of halogens is 3. The average molecular weight is 537 g/mol. The zero-order valence-electron chi connectivity index (χ0n) is 19.6. The molecule has 2 unspecified atom stereocenters. The Labute approximate surface area is 224 Å². The summed E-state index contributed by atoms with van der Waals surface area (Å²) in [6, 6.07) is 24.1. The van der Waals surface area contributed by atoms with Gasteiger partial charge in [0.1, 0.15) is 5.75 Å². The van der Waals surface area contributed by atoms with Gasteiger partial charge in [-0.3, -0.25) is 0 Å². The third kappa shape index (κ3) is 8.68. The predicted octanol–water partition coefficient (Wildman–Crippen LogP) is 7.06. The van der Waals surface area contributed by atoms with Gasteiger partial charge in [-0.05, 0) is 60.0 Å². The summed E-state index contributed by atoms with van der Waals surface area (Å²) < 4.78 is 17.9. The van der Waals surface area contributed by atoms with Crippen LogP contribution >= 0.6 is 35.6 Å². The lowest BCUT2D eigenvalue weighted by molar-refractivity contribution is 0.0106.